The molecule has 0 radical (unpaired) electrons. The Hall–Kier alpha value is -2.92. The topological polar surface area (TPSA) is 58.4 Å². The number of carbonyl (C=O) groups excluding carboxylic acids is 1. The second-order valence-electron chi connectivity index (χ2n) is 7.33. The number of fused-ring (bicyclic) bond motifs is 1. The number of hydrogen-bond acceptors (Lipinski definition) is 4. The Labute approximate surface area is 158 Å². The highest BCUT2D eigenvalue weighted by Gasteiger charge is 2.38. The standard InChI is InChI=1S/C22H21N3O2/c26-22(25-13-16-10-23-11-17(16)14-25)19-9-5-4-8-18(19)21-24-12-20(27-21)15-6-2-1-3-7-15/h1-9,12,16-17,23H,10-11,13-14H2/t16-,17+. The summed E-state index contributed by atoms with van der Waals surface area (Å²) in [5.74, 6) is 2.41. The van der Waals surface area contributed by atoms with Crippen LogP contribution in [0, 0.1) is 11.8 Å². The summed E-state index contributed by atoms with van der Waals surface area (Å²) in [6, 6.07) is 17.5. The van der Waals surface area contributed by atoms with E-state index in [0.29, 0.717) is 29.1 Å². The highest BCUT2D eigenvalue weighted by atomic mass is 16.4. The van der Waals surface area contributed by atoms with E-state index in [-0.39, 0.29) is 5.91 Å². The lowest BCUT2D eigenvalue weighted by atomic mass is 10.0. The van der Waals surface area contributed by atoms with E-state index in [1.54, 1.807) is 6.20 Å². The van der Waals surface area contributed by atoms with Gasteiger partial charge >= 0.3 is 0 Å². The van der Waals surface area contributed by atoms with Crippen molar-refractivity contribution >= 4 is 5.91 Å². The Morgan fingerprint density at radius 3 is 2.48 bits per heavy atom. The molecule has 0 aliphatic carbocycles. The van der Waals surface area contributed by atoms with Gasteiger partial charge in [0.25, 0.3) is 5.91 Å². The number of nitrogens with zero attached hydrogens (tertiary/aromatic N) is 2. The Kier molecular flexibility index (Phi) is 4.02. The molecule has 2 aliphatic heterocycles. The lowest BCUT2D eigenvalue weighted by molar-refractivity contribution is 0.0782. The van der Waals surface area contributed by atoms with Gasteiger partial charge in [-0.15, -0.1) is 0 Å². The van der Waals surface area contributed by atoms with Gasteiger partial charge in [-0.2, -0.15) is 0 Å². The molecule has 1 amide bonds. The number of rotatable bonds is 3. The largest absolute Gasteiger partial charge is 0.436 e. The van der Waals surface area contributed by atoms with Gasteiger partial charge in [0.05, 0.1) is 11.8 Å². The van der Waals surface area contributed by atoms with Gasteiger partial charge in [0.1, 0.15) is 0 Å². The van der Waals surface area contributed by atoms with Crippen LogP contribution in [-0.4, -0.2) is 42.0 Å². The number of nitrogens with one attached hydrogen (secondary N) is 1. The first-order valence-electron chi connectivity index (χ1n) is 9.40. The van der Waals surface area contributed by atoms with Crippen molar-refractivity contribution in [3.63, 3.8) is 0 Å². The van der Waals surface area contributed by atoms with Crippen molar-refractivity contribution in [1.29, 1.82) is 0 Å². The van der Waals surface area contributed by atoms with E-state index in [0.717, 1.165) is 37.3 Å². The molecule has 0 spiro atoms. The van der Waals surface area contributed by atoms with Crippen molar-refractivity contribution in [3.05, 3.63) is 66.4 Å². The zero-order valence-corrected chi connectivity index (χ0v) is 15.0. The number of benzene rings is 2. The van der Waals surface area contributed by atoms with Crippen molar-refractivity contribution in [2.45, 2.75) is 0 Å². The molecule has 3 heterocycles. The number of aromatic nitrogens is 1. The van der Waals surface area contributed by atoms with Crippen LogP contribution in [0.4, 0.5) is 0 Å². The minimum Gasteiger partial charge on any atom is -0.436 e. The number of hydrogen-bond donors (Lipinski definition) is 1. The Balaban J connectivity index is 1.45. The predicted octanol–water partition coefficient (Wildman–Crippen LogP) is 3.30. The number of oxazole rings is 1. The Bertz CT molecular complexity index is 954. The normalized spacial score (nSPS) is 21.4. The summed E-state index contributed by atoms with van der Waals surface area (Å²) in [4.78, 5) is 19.6. The van der Waals surface area contributed by atoms with E-state index >= 15 is 0 Å². The maximum atomic E-state index is 13.2. The van der Waals surface area contributed by atoms with Crippen molar-refractivity contribution in [3.8, 4) is 22.8 Å². The van der Waals surface area contributed by atoms with Crippen LogP contribution in [0.5, 0.6) is 0 Å². The highest BCUT2D eigenvalue weighted by Crippen LogP contribution is 2.31. The fourth-order valence-electron chi connectivity index (χ4n) is 4.18. The van der Waals surface area contributed by atoms with E-state index in [9.17, 15) is 4.79 Å². The van der Waals surface area contributed by atoms with Crippen LogP contribution in [-0.2, 0) is 0 Å². The number of likely N-dealkylation sites (tertiary alicyclic amines) is 1. The second kappa shape index (κ2) is 6.67. The summed E-state index contributed by atoms with van der Waals surface area (Å²) in [6.07, 6.45) is 1.72. The lowest BCUT2D eigenvalue weighted by Crippen LogP contribution is -2.32. The molecule has 27 heavy (non-hydrogen) atoms. The quantitative estimate of drug-likeness (QED) is 0.780. The zero-order valence-electron chi connectivity index (χ0n) is 15.0. The molecule has 5 heteroatoms. The van der Waals surface area contributed by atoms with E-state index < -0.39 is 0 Å². The van der Waals surface area contributed by atoms with Crippen molar-refractivity contribution < 1.29 is 9.21 Å². The van der Waals surface area contributed by atoms with E-state index in [1.807, 2.05) is 59.5 Å². The molecule has 0 saturated carbocycles. The van der Waals surface area contributed by atoms with E-state index in [2.05, 4.69) is 10.3 Å². The van der Waals surface area contributed by atoms with Gasteiger partial charge in [-0.05, 0) is 24.0 Å². The molecule has 1 aromatic heterocycles. The molecule has 5 nitrogen and oxygen atoms in total. The van der Waals surface area contributed by atoms with Crippen LogP contribution in [0.2, 0.25) is 0 Å². The third kappa shape index (κ3) is 2.94. The second-order valence-corrected chi connectivity index (χ2v) is 7.33. The lowest BCUT2D eigenvalue weighted by Gasteiger charge is -2.18. The van der Waals surface area contributed by atoms with Crippen LogP contribution in [0.25, 0.3) is 22.8 Å². The molecular formula is C22H21N3O2. The molecule has 2 aromatic carbocycles. The SMILES string of the molecule is O=C(c1ccccc1-c1ncc(-c2ccccc2)o1)N1C[C@H]2CNC[C@H]2C1. The van der Waals surface area contributed by atoms with Gasteiger partial charge in [0.2, 0.25) is 5.89 Å². The summed E-state index contributed by atoms with van der Waals surface area (Å²) < 4.78 is 5.99. The van der Waals surface area contributed by atoms with Crippen LogP contribution < -0.4 is 5.32 Å². The molecule has 2 fully saturated rings. The highest BCUT2D eigenvalue weighted by molar-refractivity contribution is 6.00. The van der Waals surface area contributed by atoms with E-state index in [4.69, 9.17) is 4.42 Å². The third-order valence-electron chi connectivity index (χ3n) is 5.63. The van der Waals surface area contributed by atoms with Gasteiger partial charge in [-0.1, -0.05) is 42.5 Å². The predicted molar refractivity (Wildman–Crippen MR) is 103 cm³/mol. The Morgan fingerprint density at radius 2 is 1.70 bits per heavy atom. The molecule has 5 rings (SSSR count). The average molecular weight is 359 g/mol. The third-order valence-corrected chi connectivity index (χ3v) is 5.63. The summed E-state index contributed by atoms with van der Waals surface area (Å²) in [7, 11) is 0. The molecule has 3 aromatic rings. The summed E-state index contributed by atoms with van der Waals surface area (Å²) in [6.45, 7) is 3.67. The summed E-state index contributed by atoms with van der Waals surface area (Å²) in [5.41, 5.74) is 2.38. The Morgan fingerprint density at radius 1 is 1.00 bits per heavy atom. The molecule has 136 valence electrons. The van der Waals surface area contributed by atoms with Gasteiger partial charge < -0.3 is 14.6 Å². The van der Waals surface area contributed by atoms with Crippen molar-refractivity contribution in [1.82, 2.24) is 15.2 Å². The van der Waals surface area contributed by atoms with Gasteiger partial charge in [-0.25, -0.2) is 4.98 Å². The number of carbonyl (C=O) groups is 1. The summed E-state index contributed by atoms with van der Waals surface area (Å²) >= 11 is 0. The monoisotopic (exact) mass is 359 g/mol. The van der Waals surface area contributed by atoms with Crippen LogP contribution in [0.1, 0.15) is 10.4 Å². The molecule has 2 aliphatic rings. The van der Waals surface area contributed by atoms with Gasteiger partial charge in [-0.3, -0.25) is 4.79 Å². The maximum absolute atomic E-state index is 13.2. The maximum Gasteiger partial charge on any atom is 0.254 e. The molecule has 1 N–H and O–H groups in total. The molecular weight excluding hydrogens is 338 g/mol. The van der Waals surface area contributed by atoms with Crippen molar-refractivity contribution in [2.75, 3.05) is 26.2 Å². The minimum absolute atomic E-state index is 0.0689. The smallest absolute Gasteiger partial charge is 0.254 e. The van der Waals surface area contributed by atoms with E-state index in [1.165, 1.54) is 0 Å². The fourth-order valence-corrected chi connectivity index (χ4v) is 4.18. The van der Waals surface area contributed by atoms with Gasteiger partial charge in [0.15, 0.2) is 5.76 Å². The molecule has 0 bridgehead atoms. The number of amides is 1. The summed E-state index contributed by atoms with van der Waals surface area (Å²) in [5, 5.41) is 3.42. The fraction of sp³-hybridized carbons (Fsp3) is 0.273. The zero-order chi connectivity index (χ0) is 18.2. The molecule has 2 atom stereocenters. The first-order valence-corrected chi connectivity index (χ1v) is 9.40. The first kappa shape index (κ1) is 16.3. The van der Waals surface area contributed by atoms with Crippen LogP contribution in [0.3, 0.4) is 0 Å². The average Bonchev–Trinajstić information content (AvgIpc) is 3.44. The minimum atomic E-state index is 0.0689. The van der Waals surface area contributed by atoms with Crippen molar-refractivity contribution in [2.24, 2.45) is 11.8 Å². The van der Waals surface area contributed by atoms with Crippen LogP contribution >= 0.6 is 0 Å². The van der Waals surface area contributed by atoms with Gasteiger partial charge in [0, 0.05) is 37.3 Å². The first-order chi connectivity index (χ1) is 13.3. The van der Waals surface area contributed by atoms with Crippen LogP contribution in [0.15, 0.2) is 65.2 Å². The molecule has 2 saturated heterocycles. The molecule has 0 unspecified atom stereocenters.